The third-order valence-corrected chi connectivity index (χ3v) is 2.77. The lowest BCUT2D eigenvalue weighted by Gasteiger charge is -2.15. The average molecular weight is 281 g/mol. The van der Waals surface area contributed by atoms with E-state index in [1.807, 2.05) is 0 Å². The van der Waals surface area contributed by atoms with Gasteiger partial charge in [-0.05, 0) is 24.3 Å². The molecule has 0 fully saturated rings. The lowest BCUT2D eigenvalue weighted by molar-refractivity contribution is -0.125. The molecule has 0 radical (unpaired) electrons. The summed E-state index contributed by atoms with van der Waals surface area (Å²) in [6, 6.07) is 6.32. The maximum atomic E-state index is 11.8. The van der Waals surface area contributed by atoms with Gasteiger partial charge in [0.15, 0.2) is 0 Å². The number of amidine groups is 1. The number of hydrogen-bond donors (Lipinski definition) is 1. The van der Waals surface area contributed by atoms with Gasteiger partial charge in [0.25, 0.3) is 5.91 Å². The molecule has 1 aromatic rings. The molecule has 1 aromatic carbocycles. The molecule has 5 heteroatoms. The number of hydrogen-bond acceptors (Lipinski definition) is 2. The fourth-order valence-electron chi connectivity index (χ4n) is 1.26. The minimum absolute atomic E-state index is 0.0250. The molecule has 1 rings (SSSR count). The van der Waals surface area contributed by atoms with Crippen LogP contribution in [0.15, 0.2) is 29.3 Å². The second kappa shape index (κ2) is 5.97. The number of Topliss-reactive ketones (excluding diaryl/α,β-unsaturated/α-hetero) is 1. The number of ketones is 1. The molecule has 2 N–H and O–H groups in total. The zero-order valence-electron chi connectivity index (χ0n) is 11.2. The first-order chi connectivity index (χ1) is 8.70. The molecular formula is C14H17ClN2O2. The summed E-state index contributed by atoms with van der Waals surface area (Å²) in [5.74, 6) is -0.506. The number of benzene rings is 1. The molecule has 0 saturated carbocycles. The molecule has 1 amide bonds. The monoisotopic (exact) mass is 280 g/mol. The van der Waals surface area contributed by atoms with Crippen LogP contribution in [0.25, 0.3) is 0 Å². The predicted octanol–water partition coefficient (Wildman–Crippen LogP) is 2.84. The van der Waals surface area contributed by atoms with E-state index in [2.05, 4.69) is 4.99 Å². The highest BCUT2D eigenvalue weighted by atomic mass is 35.5. The Bertz CT molecular complexity index is 513. The van der Waals surface area contributed by atoms with E-state index >= 15 is 0 Å². The molecule has 0 spiro atoms. The highest BCUT2D eigenvalue weighted by Crippen LogP contribution is 2.16. The van der Waals surface area contributed by atoms with Crippen LogP contribution in [0.3, 0.4) is 0 Å². The molecule has 0 atom stereocenters. The predicted molar refractivity (Wildman–Crippen MR) is 76.5 cm³/mol. The third-order valence-electron chi connectivity index (χ3n) is 2.51. The van der Waals surface area contributed by atoms with Gasteiger partial charge in [-0.25, -0.2) is 0 Å². The van der Waals surface area contributed by atoms with Crippen LogP contribution in [0.4, 0.5) is 0 Å². The van der Waals surface area contributed by atoms with Crippen molar-refractivity contribution >= 4 is 29.1 Å². The van der Waals surface area contributed by atoms with Gasteiger partial charge in [0.05, 0.1) is 6.42 Å². The summed E-state index contributed by atoms with van der Waals surface area (Å²) < 4.78 is 0. The Morgan fingerprint density at radius 3 is 2.21 bits per heavy atom. The molecule has 0 bridgehead atoms. The Kier molecular flexibility index (Phi) is 4.84. The zero-order valence-corrected chi connectivity index (χ0v) is 12.0. The van der Waals surface area contributed by atoms with Gasteiger partial charge in [-0.1, -0.05) is 32.4 Å². The summed E-state index contributed by atoms with van der Waals surface area (Å²) in [4.78, 5) is 27.2. The Morgan fingerprint density at radius 2 is 1.74 bits per heavy atom. The van der Waals surface area contributed by atoms with Crippen LogP contribution >= 0.6 is 11.6 Å². The summed E-state index contributed by atoms with van der Waals surface area (Å²) in [5.41, 5.74) is 5.51. The van der Waals surface area contributed by atoms with E-state index in [9.17, 15) is 9.59 Å². The topological polar surface area (TPSA) is 72.5 Å². The van der Waals surface area contributed by atoms with Crippen molar-refractivity contribution in [3.63, 3.8) is 0 Å². The average Bonchev–Trinajstić information content (AvgIpc) is 2.28. The van der Waals surface area contributed by atoms with E-state index in [0.717, 1.165) is 0 Å². The minimum Gasteiger partial charge on any atom is -0.387 e. The van der Waals surface area contributed by atoms with Crippen molar-refractivity contribution in [2.24, 2.45) is 16.1 Å². The van der Waals surface area contributed by atoms with Crippen molar-refractivity contribution in [2.45, 2.75) is 27.2 Å². The summed E-state index contributed by atoms with van der Waals surface area (Å²) >= 11 is 5.72. The van der Waals surface area contributed by atoms with Gasteiger partial charge < -0.3 is 5.73 Å². The van der Waals surface area contributed by atoms with Crippen LogP contribution in [-0.4, -0.2) is 17.5 Å². The SMILES string of the molecule is CC(C)(C)C(=O)CC(N)=NC(=O)c1ccc(Cl)cc1. The number of rotatable bonds is 3. The van der Waals surface area contributed by atoms with Crippen LogP contribution in [0, 0.1) is 5.41 Å². The van der Waals surface area contributed by atoms with Gasteiger partial charge >= 0.3 is 0 Å². The third kappa shape index (κ3) is 4.83. The molecule has 0 aromatic heterocycles. The second-order valence-electron chi connectivity index (χ2n) is 5.27. The fourth-order valence-corrected chi connectivity index (χ4v) is 1.38. The number of carbonyl (C=O) groups is 2. The Balaban J connectivity index is 2.77. The van der Waals surface area contributed by atoms with Crippen molar-refractivity contribution in [1.82, 2.24) is 0 Å². The van der Waals surface area contributed by atoms with Gasteiger partial charge in [0, 0.05) is 16.0 Å². The van der Waals surface area contributed by atoms with Gasteiger partial charge in [-0.2, -0.15) is 4.99 Å². The summed E-state index contributed by atoms with van der Waals surface area (Å²) in [5, 5.41) is 0.538. The lowest BCUT2D eigenvalue weighted by atomic mass is 9.89. The van der Waals surface area contributed by atoms with Crippen molar-refractivity contribution in [2.75, 3.05) is 0 Å². The van der Waals surface area contributed by atoms with E-state index in [0.29, 0.717) is 10.6 Å². The first-order valence-electron chi connectivity index (χ1n) is 5.86. The maximum Gasteiger partial charge on any atom is 0.278 e. The van der Waals surface area contributed by atoms with Gasteiger partial charge in [-0.15, -0.1) is 0 Å². The smallest absolute Gasteiger partial charge is 0.278 e. The quantitative estimate of drug-likeness (QED) is 0.683. The summed E-state index contributed by atoms with van der Waals surface area (Å²) in [7, 11) is 0. The zero-order chi connectivity index (χ0) is 14.6. The second-order valence-corrected chi connectivity index (χ2v) is 5.70. The van der Waals surface area contributed by atoms with E-state index in [4.69, 9.17) is 17.3 Å². The molecule has 0 aliphatic rings. The summed E-state index contributed by atoms with van der Waals surface area (Å²) in [6.07, 6.45) is -0.0250. The number of carbonyl (C=O) groups excluding carboxylic acids is 2. The van der Waals surface area contributed by atoms with E-state index < -0.39 is 11.3 Å². The highest BCUT2D eigenvalue weighted by molar-refractivity contribution is 6.30. The van der Waals surface area contributed by atoms with Crippen LogP contribution in [-0.2, 0) is 4.79 Å². The van der Waals surface area contributed by atoms with Crippen LogP contribution in [0.2, 0.25) is 5.02 Å². The van der Waals surface area contributed by atoms with Crippen LogP contribution in [0.5, 0.6) is 0 Å². The minimum atomic E-state index is -0.497. The van der Waals surface area contributed by atoms with E-state index in [-0.39, 0.29) is 18.0 Å². The van der Waals surface area contributed by atoms with Crippen molar-refractivity contribution in [1.29, 1.82) is 0 Å². The van der Waals surface area contributed by atoms with E-state index in [1.54, 1.807) is 45.0 Å². The van der Waals surface area contributed by atoms with Gasteiger partial charge in [-0.3, -0.25) is 9.59 Å². The molecule has 102 valence electrons. The lowest BCUT2D eigenvalue weighted by Crippen LogP contribution is -2.27. The molecule has 4 nitrogen and oxygen atoms in total. The molecular weight excluding hydrogens is 264 g/mol. The number of halogens is 1. The normalized spacial score (nSPS) is 12.3. The van der Waals surface area contributed by atoms with E-state index in [1.165, 1.54) is 0 Å². The summed E-state index contributed by atoms with van der Waals surface area (Å²) in [6.45, 7) is 5.39. The van der Waals surface area contributed by atoms with Gasteiger partial charge in [0.2, 0.25) is 0 Å². The number of nitrogens with two attached hydrogens (primary N) is 1. The standard InChI is InChI=1S/C14H17ClN2O2/c1-14(2,3)11(18)8-12(16)17-13(19)9-4-6-10(15)7-5-9/h4-7H,8H2,1-3H3,(H2,16,17,19). The molecule has 0 aliphatic heterocycles. The Hall–Kier alpha value is -1.68. The molecule has 0 heterocycles. The Morgan fingerprint density at radius 1 is 1.21 bits per heavy atom. The van der Waals surface area contributed by atoms with Crippen molar-refractivity contribution in [3.8, 4) is 0 Å². The molecule has 19 heavy (non-hydrogen) atoms. The van der Waals surface area contributed by atoms with Crippen LogP contribution in [0.1, 0.15) is 37.6 Å². The largest absolute Gasteiger partial charge is 0.387 e. The highest BCUT2D eigenvalue weighted by Gasteiger charge is 2.22. The molecule has 0 unspecified atom stereocenters. The first kappa shape index (κ1) is 15.4. The number of amides is 1. The first-order valence-corrected chi connectivity index (χ1v) is 6.24. The molecule has 0 aliphatic carbocycles. The van der Waals surface area contributed by atoms with Gasteiger partial charge in [0.1, 0.15) is 11.6 Å². The number of nitrogens with zero attached hydrogens (tertiary/aromatic N) is 1. The van der Waals surface area contributed by atoms with Crippen molar-refractivity contribution in [3.05, 3.63) is 34.9 Å². The maximum absolute atomic E-state index is 11.8. The van der Waals surface area contributed by atoms with Crippen molar-refractivity contribution < 1.29 is 9.59 Å². The Labute approximate surface area is 117 Å². The molecule has 0 saturated heterocycles. The number of aliphatic imine (C=N–C) groups is 1. The van der Waals surface area contributed by atoms with Crippen LogP contribution < -0.4 is 5.73 Å². The fraction of sp³-hybridized carbons (Fsp3) is 0.357.